The lowest BCUT2D eigenvalue weighted by Crippen LogP contribution is -2.22. The Morgan fingerprint density at radius 1 is 1.38 bits per heavy atom. The predicted molar refractivity (Wildman–Crippen MR) is 37.3 cm³/mol. The Balaban J connectivity index is 2.11. The minimum absolute atomic E-state index is 0.779. The Bertz CT molecular complexity index is 103. The second-order valence-corrected chi connectivity index (χ2v) is 3.98. The SMILES string of the molecule is BrC1CC2CCC1N2. The molecule has 2 saturated heterocycles. The molecular formula is C6H10BrN. The summed E-state index contributed by atoms with van der Waals surface area (Å²) in [5.74, 6) is 0. The van der Waals surface area contributed by atoms with Crippen molar-refractivity contribution >= 4 is 15.9 Å². The zero-order valence-corrected chi connectivity index (χ0v) is 6.32. The van der Waals surface area contributed by atoms with Crippen molar-refractivity contribution in [1.82, 2.24) is 5.32 Å². The third-order valence-corrected chi connectivity index (χ3v) is 3.23. The van der Waals surface area contributed by atoms with Crippen molar-refractivity contribution < 1.29 is 0 Å². The van der Waals surface area contributed by atoms with E-state index in [1.54, 1.807) is 0 Å². The number of alkyl halides is 1. The predicted octanol–water partition coefficient (Wildman–Crippen LogP) is 1.27. The normalized spacial score (nSPS) is 52.9. The fourth-order valence-electron chi connectivity index (χ4n) is 1.76. The van der Waals surface area contributed by atoms with E-state index in [-0.39, 0.29) is 0 Å². The lowest BCUT2D eigenvalue weighted by Gasteiger charge is -2.11. The molecule has 0 radical (unpaired) electrons. The average molecular weight is 176 g/mol. The van der Waals surface area contributed by atoms with E-state index in [1.165, 1.54) is 19.3 Å². The Kier molecular flexibility index (Phi) is 1.12. The zero-order valence-electron chi connectivity index (χ0n) is 4.73. The maximum Gasteiger partial charge on any atom is 0.0314 e. The van der Waals surface area contributed by atoms with Crippen LogP contribution in [0.15, 0.2) is 0 Å². The van der Waals surface area contributed by atoms with Gasteiger partial charge in [-0.1, -0.05) is 15.9 Å². The summed E-state index contributed by atoms with van der Waals surface area (Å²) in [6, 6.07) is 1.66. The number of nitrogens with one attached hydrogen (secondary N) is 1. The lowest BCUT2D eigenvalue weighted by molar-refractivity contribution is 0.594. The van der Waals surface area contributed by atoms with Crippen molar-refractivity contribution in [3.63, 3.8) is 0 Å². The first kappa shape index (κ1) is 5.24. The molecule has 1 nitrogen and oxygen atoms in total. The van der Waals surface area contributed by atoms with Crippen LogP contribution in [0.4, 0.5) is 0 Å². The summed E-state index contributed by atoms with van der Waals surface area (Å²) in [5, 5.41) is 3.53. The number of hydrogen-bond acceptors (Lipinski definition) is 1. The first-order valence-corrected chi connectivity index (χ1v) is 4.18. The Labute approximate surface area is 58.0 Å². The lowest BCUT2D eigenvalue weighted by atomic mass is 10.0. The Morgan fingerprint density at radius 2 is 2.25 bits per heavy atom. The van der Waals surface area contributed by atoms with Gasteiger partial charge in [-0.3, -0.25) is 0 Å². The van der Waals surface area contributed by atoms with Crippen molar-refractivity contribution in [2.75, 3.05) is 0 Å². The highest BCUT2D eigenvalue weighted by atomic mass is 79.9. The van der Waals surface area contributed by atoms with Gasteiger partial charge in [0, 0.05) is 16.9 Å². The van der Waals surface area contributed by atoms with Crippen LogP contribution in [-0.4, -0.2) is 16.9 Å². The van der Waals surface area contributed by atoms with Crippen molar-refractivity contribution in [2.45, 2.75) is 36.2 Å². The number of fused-ring (bicyclic) bond motifs is 2. The van der Waals surface area contributed by atoms with E-state index in [0.717, 1.165) is 16.9 Å². The van der Waals surface area contributed by atoms with Crippen LogP contribution in [0.3, 0.4) is 0 Å². The molecule has 2 aliphatic rings. The molecule has 46 valence electrons. The average Bonchev–Trinajstić information content (AvgIpc) is 2.23. The van der Waals surface area contributed by atoms with Gasteiger partial charge < -0.3 is 5.32 Å². The van der Waals surface area contributed by atoms with E-state index in [2.05, 4.69) is 21.2 Å². The Morgan fingerprint density at radius 3 is 2.50 bits per heavy atom. The maximum absolute atomic E-state index is 3.63. The van der Waals surface area contributed by atoms with Crippen LogP contribution in [-0.2, 0) is 0 Å². The molecule has 1 N–H and O–H groups in total. The molecule has 2 heteroatoms. The Hall–Kier alpha value is 0.440. The minimum atomic E-state index is 0.779. The van der Waals surface area contributed by atoms with Crippen LogP contribution in [0, 0.1) is 0 Å². The van der Waals surface area contributed by atoms with Crippen LogP contribution in [0.1, 0.15) is 19.3 Å². The first-order valence-electron chi connectivity index (χ1n) is 3.26. The molecule has 2 aliphatic heterocycles. The molecule has 3 unspecified atom stereocenters. The minimum Gasteiger partial charge on any atom is -0.310 e. The summed E-state index contributed by atoms with van der Waals surface area (Å²) < 4.78 is 0. The van der Waals surface area contributed by atoms with Crippen molar-refractivity contribution in [2.24, 2.45) is 0 Å². The van der Waals surface area contributed by atoms with E-state index in [4.69, 9.17) is 0 Å². The van der Waals surface area contributed by atoms with Crippen LogP contribution in [0.5, 0.6) is 0 Å². The largest absolute Gasteiger partial charge is 0.310 e. The summed E-state index contributed by atoms with van der Waals surface area (Å²) in [7, 11) is 0. The van der Waals surface area contributed by atoms with Gasteiger partial charge >= 0.3 is 0 Å². The van der Waals surface area contributed by atoms with Crippen LogP contribution < -0.4 is 5.32 Å². The van der Waals surface area contributed by atoms with Crippen LogP contribution in [0.2, 0.25) is 0 Å². The highest BCUT2D eigenvalue weighted by Crippen LogP contribution is 2.32. The van der Waals surface area contributed by atoms with E-state index < -0.39 is 0 Å². The monoisotopic (exact) mass is 175 g/mol. The molecule has 2 heterocycles. The number of halogens is 1. The summed E-state index contributed by atoms with van der Waals surface area (Å²) >= 11 is 3.63. The zero-order chi connectivity index (χ0) is 5.56. The quantitative estimate of drug-likeness (QED) is 0.548. The van der Waals surface area contributed by atoms with Gasteiger partial charge in [0.05, 0.1) is 0 Å². The van der Waals surface area contributed by atoms with Crippen LogP contribution in [0.25, 0.3) is 0 Å². The molecule has 2 bridgehead atoms. The van der Waals surface area contributed by atoms with Gasteiger partial charge in [-0.05, 0) is 19.3 Å². The molecule has 0 saturated carbocycles. The summed E-state index contributed by atoms with van der Waals surface area (Å²) in [5.41, 5.74) is 0. The summed E-state index contributed by atoms with van der Waals surface area (Å²) in [4.78, 5) is 0.779. The van der Waals surface area contributed by atoms with Gasteiger partial charge in [-0.15, -0.1) is 0 Å². The molecule has 0 aromatic rings. The standard InChI is InChI=1S/C6H10BrN/c7-5-3-4-1-2-6(5)8-4/h4-6,8H,1-3H2. The number of hydrogen-bond donors (Lipinski definition) is 1. The highest BCUT2D eigenvalue weighted by molar-refractivity contribution is 9.09. The molecule has 0 aliphatic carbocycles. The molecule has 0 spiro atoms. The molecule has 0 aromatic heterocycles. The van der Waals surface area contributed by atoms with E-state index in [9.17, 15) is 0 Å². The maximum atomic E-state index is 3.63. The topological polar surface area (TPSA) is 12.0 Å². The van der Waals surface area contributed by atoms with E-state index in [0.29, 0.717) is 0 Å². The van der Waals surface area contributed by atoms with Gasteiger partial charge in [-0.25, -0.2) is 0 Å². The molecule has 0 amide bonds. The van der Waals surface area contributed by atoms with Gasteiger partial charge in [0.15, 0.2) is 0 Å². The molecule has 2 rings (SSSR count). The third kappa shape index (κ3) is 0.627. The molecule has 8 heavy (non-hydrogen) atoms. The fraction of sp³-hybridized carbons (Fsp3) is 1.00. The second-order valence-electron chi connectivity index (χ2n) is 2.80. The molecular weight excluding hydrogens is 166 g/mol. The highest BCUT2D eigenvalue weighted by Gasteiger charge is 2.37. The van der Waals surface area contributed by atoms with Crippen molar-refractivity contribution in [3.05, 3.63) is 0 Å². The molecule has 3 atom stereocenters. The summed E-state index contributed by atoms with van der Waals surface area (Å²) in [6.45, 7) is 0. The van der Waals surface area contributed by atoms with Crippen LogP contribution >= 0.6 is 15.9 Å². The van der Waals surface area contributed by atoms with Gasteiger partial charge in [0.1, 0.15) is 0 Å². The van der Waals surface area contributed by atoms with E-state index in [1.807, 2.05) is 0 Å². The van der Waals surface area contributed by atoms with Gasteiger partial charge in [0.2, 0.25) is 0 Å². The fourth-order valence-corrected chi connectivity index (χ4v) is 2.63. The first-order chi connectivity index (χ1) is 3.86. The second kappa shape index (κ2) is 1.71. The van der Waals surface area contributed by atoms with Crippen molar-refractivity contribution in [1.29, 1.82) is 0 Å². The van der Waals surface area contributed by atoms with Gasteiger partial charge in [0.25, 0.3) is 0 Å². The van der Waals surface area contributed by atoms with E-state index >= 15 is 0 Å². The molecule has 0 aromatic carbocycles. The molecule has 2 fully saturated rings. The van der Waals surface area contributed by atoms with Gasteiger partial charge in [-0.2, -0.15) is 0 Å². The third-order valence-electron chi connectivity index (χ3n) is 2.22. The number of rotatable bonds is 0. The summed E-state index contributed by atoms with van der Waals surface area (Å²) in [6.07, 6.45) is 4.15. The van der Waals surface area contributed by atoms with Crippen molar-refractivity contribution in [3.8, 4) is 0 Å². The smallest absolute Gasteiger partial charge is 0.0314 e.